The van der Waals surface area contributed by atoms with Gasteiger partial charge in [0.15, 0.2) is 6.61 Å². The monoisotopic (exact) mass is 478 g/mol. The number of carbonyl (C=O) groups excluding carboxylic acids is 3. The Bertz CT molecular complexity index is 1260. The van der Waals surface area contributed by atoms with Crippen molar-refractivity contribution in [3.63, 3.8) is 0 Å². The van der Waals surface area contributed by atoms with E-state index in [9.17, 15) is 19.2 Å². The highest BCUT2D eigenvalue weighted by Gasteiger charge is 2.28. The highest BCUT2D eigenvalue weighted by molar-refractivity contribution is 5.92. The summed E-state index contributed by atoms with van der Waals surface area (Å²) in [6, 6.07) is 16.7. The second-order valence-electron chi connectivity index (χ2n) is 8.59. The number of imidazole rings is 1. The van der Waals surface area contributed by atoms with Crippen LogP contribution in [0.3, 0.4) is 0 Å². The van der Waals surface area contributed by atoms with Crippen molar-refractivity contribution < 1.29 is 19.1 Å². The largest absolute Gasteiger partial charge is 0.456 e. The zero-order chi connectivity index (χ0) is 24.8. The Morgan fingerprint density at radius 1 is 0.943 bits per heavy atom. The summed E-state index contributed by atoms with van der Waals surface area (Å²) in [5.41, 5.74) is 2.17. The molecule has 9 heteroatoms. The molecule has 3 aromatic rings. The van der Waals surface area contributed by atoms with Gasteiger partial charge < -0.3 is 15.0 Å². The SMILES string of the molecule is CCn1c(=O)n(CCC(=O)OCC(=O)N2CCC(C(=O)Nc3ccccc3)CC2)c2ccccc21. The number of hydrogen-bond acceptors (Lipinski definition) is 5. The number of fused-ring (bicyclic) bond motifs is 1. The van der Waals surface area contributed by atoms with Gasteiger partial charge in [-0.3, -0.25) is 23.5 Å². The summed E-state index contributed by atoms with van der Waals surface area (Å²) in [6.45, 7) is 3.16. The minimum absolute atomic E-state index is 0.00730. The standard InChI is InChI=1S/C26H30N4O5/c1-2-29-21-10-6-7-11-22(21)30(26(29)34)17-14-24(32)35-18-23(31)28-15-12-19(13-16-28)25(33)27-20-8-4-3-5-9-20/h3-11,19H,2,12-18H2,1H3,(H,27,33). The van der Waals surface area contributed by atoms with E-state index in [1.54, 1.807) is 14.0 Å². The summed E-state index contributed by atoms with van der Waals surface area (Å²) < 4.78 is 8.41. The maximum atomic E-state index is 12.7. The quantitative estimate of drug-likeness (QED) is 0.502. The number of anilines is 1. The normalized spacial score (nSPS) is 14.1. The number of aromatic nitrogens is 2. The average molecular weight is 479 g/mol. The first-order chi connectivity index (χ1) is 17.0. The van der Waals surface area contributed by atoms with Crippen LogP contribution in [-0.4, -0.2) is 51.5 Å². The fourth-order valence-corrected chi connectivity index (χ4v) is 4.46. The Morgan fingerprint density at radius 3 is 2.23 bits per heavy atom. The van der Waals surface area contributed by atoms with Crippen LogP contribution in [0.1, 0.15) is 26.2 Å². The summed E-state index contributed by atoms with van der Waals surface area (Å²) >= 11 is 0. The molecule has 0 unspecified atom stereocenters. The van der Waals surface area contributed by atoms with E-state index in [0.717, 1.165) is 16.7 Å². The third kappa shape index (κ3) is 5.62. The van der Waals surface area contributed by atoms with Crippen molar-refractivity contribution in [3.8, 4) is 0 Å². The van der Waals surface area contributed by atoms with Crippen LogP contribution in [0.15, 0.2) is 59.4 Å². The van der Waals surface area contributed by atoms with Gasteiger partial charge >= 0.3 is 11.7 Å². The number of piperidine rings is 1. The molecule has 1 aliphatic heterocycles. The summed E-state index contributed by atoms with van der Waals surface area (Å²) in [6.07, 6.45) is 1.11. The number of nitrogens with one attached hydrogen (secondary N) is 1. The number of ether oxygens (including phenoxy) is 1. The van der Waals surface area contributed by atoms with Gasteiger partial charge in [-0.25, -0.2) is 4.79 Å². The Balaban J connectivity index is 1.22. The molecule has 1 N–H and O–H groups in total. The lowest BCUT2D eigenvalue weighted by molar-refractivity contribution is -0.152. The van der Waals surface area contributed by atoms with Crippen molar-refractivity contribution >= 4 is 34.5 Å². The average Bonchev–Trinajstić information content (AvgIpc) is 3.16. The maximum Gasteiger partial charge on any atom is 0.329 e. The molecular weight excluding hydrogens is 448 g/mol. The zero-order valence-electron chi connectivity index (χ0n) is 19.8. The lowest BCUT2D eigenvalue weighted by Crippen LogP contribution is -2.43. The van der Waals surface area contributed by atoms with Crippen molar-refractivity contribution in [2.24, 2.45) is 5.92 Å². The molecule has 0 atom stereocenters. The number of carbonyl (C=O) groups is 3. The number of nitrogens with zero attached hydrogens (tertiary/aromatic N) is 3. The van der Waals surface area contributed by atoms with Crippen molar-refractivity contribution in [1.29, 1.82) is 0 Å². The van der Waals surface area contributed by atoms with Crippen LogP contribution in [0.25, 0.3) is 11.0 Å². The van der Waals surface area contributed by atoms with Crippen molar-refractivity contribution in [1.82, 2.24) is 14.0 Å². The summed E-state index contributed by atoms with van der Waals surface area (Å²) in [4.78, 5) is 51.5. The molecule has 184 valence electrons. The summed E-state index contributed by atoms with van der Waals surface area (Å²) in [5.74, 6) is -1.02. The Kier molecular flexibility index (Phi) is 7.64. The molecule has 0 aliphatic carbocycles. The predicted molar refractivity (Wildman–Crippen MR) is 132 cm³/mol. The molecule has 35 heavy (non-hydrogen) atoms. The number of aryl methyl sites for hydroxylation is 2. The first-order valence-corrected chi connectivity index (χ1v) is 11.9. The highest BCUT2D eigenvalue weighted by atomic mass is 16.5. The molecule has 2 amide bonds. The van der Waals surface area contributed by atoms with E-state index in [2.05, 4.69) is 5.32 Å². The van der Waals surface area contributed by atoms with E-state index in [1.807, 2.05) is 61.5 Å². The molecule has 1 aliphatic rings. The minimum atomic E-state index is -0.532. The second-order valence-corrected chi connectivity index (χ2v) is 8.59. The lowest BCUT2D eigenvalue weighted by Gasteiger charge is -2.31. The lowest BCUT2D eigenvalue weighted by atomic mass is 9.95. The molecule has 4 rings (SSSR count). The van der Waals surface area contributed by atoms with E-state index in [0.29, 0.717) is 32.5 Å². The first-order valence-electron chi connectivity index (χ1n) is 11.9. The number of likely N-dealkylation sites (tertiary alicyclic amines) is 1. The number of rotatable bonds is 8. The molecule has 2 heterocycles. The van der Waals surface area contributed by atoms with Gasteiger partial charge in [0.05, 0.1) is 17.5 Å². The van der Waals surface area contributed by atoms with E-state index in [-0.39, 0.29) is 43.0 Å². The fraction of sp³-hybridized carbons (Fsp3) is 0.385. The van der Waals surface area contributed by atoms with Gasteiger partial charge in [-0.05, 0) is 44.0 Å². The van der Waals surface area contributed by atoms with Gasteiger partial charge in [0.1, 0.15) is 0 Å². The molecule has 0 radical (unpaired) electrons. The van der Waals surface area contributed by atoms with Crippen LogP contribution in [0.4, 0.5) is 5.69 Å². The predicted octanol–water partition coefficient (Wildman–Crippen LogP) is 2.63. The number of benzene rings is 2. The van der Waals surface area contributed by atoms with Gasteiger partial charge in [0, 0.05) is 37.8 Å². The van der Waals surface area contributed by atoms with Crippen LogP contribution in [0, 0.1) is 5.92 Å². The molecule has 2 aromatic carbocycles. The molecular formula is C26H30N4O5. The van der Waals surface area contributed by atoms with Crippen LogP contribution >= 0.6 is 0 Å². The van der Waals surface area contributed by atoms with Gasteiger partial charge in [-0.1, -0.05) is 30.3 Å². The number of amides is 2. The van der Waals surface area contributed by atoms with E-state index in [1.165, 1.54) is 0 Å². The molecule has 0 bridgehead atoms. The molecule has 1 saturated heterocycles. The van der Waals surface area contributed by atoms with Crippen LogP contribution < -0.4 is 11.0 Å². The molecule has 1 aromatic heterocycles. The van der Waals surface area contributed by atoms with E-state index < -0.39 is 5.97 Å². The van der Waals surface area contributed by atoms with Gasteiger partial charge in [-0.2, -0.15) is 0 Å². The molecule has 1 fully saturated rings. The minimum Gasteiger partial charge on any atom is -0.456 e. The van der Waals surface area contributed by atoms with Crippen molar-refractivity contribution in [2.45, 2.75) is 39.3 Å². The summed E-state index contributed by atoms with van der Waals surface area (Å²) in [7, 11) is 0. The number of hydrogen-bond donors (Lipinski definition) is 1. The van der Waals surface area contributed by atoms with E-state index in [4.69, 9.17) is 4.74 Å². The fourth-order valence-electron chi connectivity index (χ4n) is 4.46. The number of esters is 1. The van der Waals surface area contributed by atoms with E-state index >= 15 is 0 Å². The second kappa shape index (κ2) is 11.0. The van der Waals surface area contributed by atoms with Crippen LogP contribution in [0.5, 0.6) is 0 Å². The third-order valence-electron chi connectivity index (χ3n) is 6.40. The number of para-hydroxylation sites is 3. The van der Waals surface area contributed by atoms with Gasteiger partial charge in [-0.15, -0.1) is 0 Å². The highest BCUT2D eigenvalue weighted by Crippen LogP contribution is 2.20. The van der Waals surface area contributed by atoms with Crippen molar-refractivity contribution in [2.75, 3.05) is 25.0 Å². The maximum absolute atomic E-state index is 12.7. The molecule has 9 nitrogen and oxygen atoms in total. The van der Waals surface area contributed by atoms with Gasteiger partial charge in [0.25, 0.3) is 5.91 Å². The smallest absolute Gasteiger partial charge is 0.329 e. The Labute approximate surface area is 203 Å². The Morgan fingerprint density at radius 2 is 1.57 bits per heavy atom. The van der Waals surface area contributed by atoms with Crippen molar-refractivity contribution in [3.05, 3.63) is 65.1 Å². The summed E-state index contributed by atoms with van der Waals surface area (Å²) in [5, 5.41) is 2.91. The van der Waals surface area contributed by atoms with Gasteiger partial charge in [0.2, 0.25) is 5.91 Å². The molecule has 0 spiro atoms. The first kappa shape index (κ1) is 24.3. The zero-order valence-corrected chi connectivity index (χ0v) is 19.8. The topological polar surface area (TPSA) is 103 Å². The Hall–Kier alpha value is -3.88. The molecule has 0 saturated carbocycles. The van der Waals surface area contributed by atoms with Crippen LogP contribution in [0.2, 0.25) is 0 Å². The van der Waals surface area contributed by atoms with Crippen LogP contribution in [-0.2, 0) is 32.2 Å². The third-order valence-corrected chi connectivity index (χ3v) is 6.40.